The van der Waals surface area contributed by atoms with Crippen LogP contribution in [0.2, 0.25) is 0 Å². The molecule has 3 nitrogen and oxygen atoms in total. The van der Waals surface area contributed by atoms with Gasteiger partial charge in [-0.05, 0) is 42.5 Å². The lowest BCUT2D eigenvalue weighted by Gasteiger charge is -2.26. The van der Waals surface area contributed by atoms with E-state index in [-0.39, 0.29) is 17.7 Å². The van der Waals surface area contributed by atoms with Crippen molar-refractivity contribution in [3.05, 3.63) is 29.3 Å². The molecule has 1 N–H and O–H groups in total. The van der Waals surface area contributed by atoms with Crippen LogP contribution in [0.15, 0.2) is 18.2 Å². The smallest absolute Gasteiger partial charge is 0.387 e. The second-order valence-electron chi connectivity index (χ2n) is 4.38. The third-order valence-corrected chi connectivity index (χ3v) is 3.03. The summed E-state index contributed by atoms with van der Waals surface area (Å²) in [7, 11) is 0. The van der Waals surface area contributed by atoms with Crippen molar-refractivity contribution in [3.63, 3.8) is 0 Å². The molecule has 1 amide bonds. The molecule has 1 unspecified atom stereocenters. The highest BCUT2D eigenvalue weighted by Gasteiger charge is 2.21. The Hall–Kier alpha value is -1.65. The number of carbonyl (C=O) groups is 1. The van der Waals surface area contributed by atoms with Crippen LogP contribution in [-0.4, -0.2) is 12.5 Å². The van der Waals surface area contributed by atoms with Gasteiger partial charge in [0.2, 0.25) is 5.91 Å². The van der Waals surface area contributed by atoms with E-state index in [9.17, 15) is 13.6 Å². The van der Waals surface area contributed by atoms with E-state index in [1.54, 1.807) is 12.1 Å². The first-order valence-corrected chi connectivity index (χ1v) is 5.91. The summed E-state index contributed by atoms with van der Waals surface area (Å²) in [5.41, 5.74) is 1.97. The lowest BCUT2D eigenvalue weighted by molar-refractivity contribution is -0.119. The molecule has 0 saturated carbocycles. The lowest BCUT2D eigenvalue weighted by Crippen LogP contribution is -2.28. The number of ether oxygens (including phenoxy) is 1. The second-order valence-corrected chi connectivity index (χ2v) is 4.38. The summed E-state index contributed by atoms with van der Waals surface area (Å²) in [5, 5.41) is 2.87. The number of rotatable bonds is 3. The van der Waals surface area contributed by atoms with Gasteiger partial charge in [-0.1, -0.05) is 6.07 Å². The number of aryl methyl sites for hydroxylation is 1. The maximum atomic E-state index is 12.1. The Morgan fingerprint density at radius 1 is 1.50 bits per heavy atom. The molecule has 0 spiro atoms. The molecule has 0 aliphatic heterocycles. The summed E-state index contributed by atoms with van der Waals surface area (Å²) < 4.78 is 28.6. The van der Waals surface area contributed by atoms with E-state index >= 15 is 0 Å². The number of benzene rings is 1. The summed E-state index contributed by atoms with van der Waals surface area (Å²) in [6.45, 7) is -1.33. The van der Waals surface area contributed by atoms with Crippen LogP contribution in [0.1, 0.15) is 36.9 Å². The van der Waals surface area contributed by atoms with Crippen LogP contribution in [-0.2, 0) is 11.2 Å². The summed E-state index contributed by atoms with van der Waals surface area (Å²) in [6, 6.07) is 4.89. The first-order valence-electron chi connectivity index (χ1n) is 5.91. The maximum Gasteiger partial charge on any atom is 0.387 e. The number of amides is 1. The molecule has 1 aromatic carbocycles. The molecule has 0 heterocycles. The van der Waals surface area contributed by atoms with Crippen molar-refractivity contribution < 1.29 is 18.3 Å². The zero-order chi connectivity index (χ0) is 13.1. The van der Waals surface area contributed by atoms with E-state index in [0.29, 0.717) is 0 Å². The Morgan fingerprint density at radius 2 is 2.28 bits per heavy atom. The van der Waals surface area contributed by atoms with Crippen molar-refractivity contribution in [3.8, 4) is 5.75 Å². The minimum atomic E-state index is -2.81. The molecule has 1 aromatic rings. The van der Waals surface area contributed by atoms with Gasteiger partial charge in [-0.25, -0.2) is 0 Å². The number of carbonyl (C=O) groups excluding carboxylic acids is 1. The molecular weight excluding hydrogens is 240 g/mol. The van der Waals surface area contributed by atoms with Gasteiger partial charge in [-0.3, -0.25) is 4.79 Å². The molecule has 5 heteroatoms. The van der Waals surface area contributed by atoms with Crippen LogP contribution in [0.4, 0.5) is 8.78 Å². The van der Waals surface area contributed by atoms with Crippen LogP contribution in [0.5, 0.6) is 5.75 Å². The fraction of sp³-hybridized carbons (Fsp3) is 0.462. The van der Waals surface area contributed by atoms with E-state index in [4.69, 9.17) is 0 Å². The average Bonchev–Trinajstić information content (AvgIpc) is 2.27. The summed E-state index contributed by atoms with van der Waals surface area (Å²) >= 11 is 0. The predicted molar refractivity (Wildman–Crippen MR) is 62.6 cm³/mol. The van der Waals surface area contributed by atoms with Crippen LogP contribution in [0.3, 0.4) is 0 Å². The van der Waals surface area contributed by atoms with Crippen LogP contribution < -0.4 is 10.1 Å². The van der Waals surface area contributed by atoms with Crippen molar-refractivity contribution >= 4 is 5.91 Å². The van der Waals surface area contributed by atoms with Gasteiger partial charge in [0.05, 0.1) is 6.04 Å². The molecule has 0 saturated heterocycles. The summed E-state index contributed by atoms with van der Waals surface area (Å²) in [6.07, 6.45) is 2.63. The van der Waals surface area contributed by atoms with Crippen molar-refractivity contribution in [2.75, 3.05) is 0 Å². The third kappa shape index (κ3) is 2.97. The Labute approximate surface area is 104 Å². The van der Waals surface area contributed by atoms with Crippen molar-refractivity contribution in [1.82, 2.24) is 5.32 Å². The number of fused-ring (bicyclic) bond motifs is 1. The van der Waals surface area contributed by atoms with E-state index < -0.39 is 6.61 Å². The largest absolute Gasteiger partial charge is 0.435 e. The van der Waals surface area contributed by atoms with E-state index in [1.807, 2.05) is 0 Å². The Balaban J connectivity index is 2.22. The number of nitrogens with one attached hydrogen (secondary N) is 1. The van der Waals surface area contributed by atoms with Crippen molar-refractivity contribution in [1.29, 1.82) is 0 Å². The van der Waals surface area contributed by atoms with Crippen LogP contribution in [0.25, 0.3) is 0 Å². The van der Waals surface area contributed by atoms with Crippen LogP contribution in [0, 0.1) is 0 Å². The monoisotopic (exact) mass is 255 g/mol. The van der Waals surface area contributed by atoms with Gasteiger partial charge in [0.15, 0.2) is 0 Å². The van der Waals surface area contributed by atoms with Gasteiger partial charge >= 0.3 is 6.61 Å². The minimum Gasteiger partial charge on any atom is -0.435 e. The molecule has 1 atom stereocenters. The molecule has 18 heavy (non-hydrogen) atoms. The van der Waals surface area contributed by atoms with E-state index in [0.717, 1.165) is 30.4 Å². The molecule has 0 radical (unpaired) electrons. The molecule has 0 bridgehead atoms. The van der Waals surface area contributed by atoms with Gasteiger partial charge in [0, 0.05) is 6.92 Å². The Kier molecular flexibility index (Phi) is 3.79. The van der Waals surface area contributed by atoms with Gasteiger partial charge < -0.3 is 10.1 Å². The quantitative estimate of drug-likeness (QED) is 0.902. The third-order valence-electron chi connectivity index (χ3n) is 3.03. The molecule has 1 aliphatic carbocycles. The minimum absolute atomic E-state index is 0.0214. The fourth-order valence-electron chi connectivity index (χ4n) is 2.36. The normalized spacial score (nSPS) is 18.3. The van der Waals surface area contributed by atoms with Crippen molar-refractivity contribution in [2.24, 2.45) is 0 Å². The molecule has 2 rings (SSSR count). The Bertz CT molecular complexity index is 449. The second kappa shape index (κ2) is 5.33. The maximum absolute atomic E-state index is 12.1. The van der Waals surface area contributed by atoms with E-state index in [2.05, 4.69) is 10.1 Å². The lowest BCUT2D eigenvalue weighted by atomic mass is 9.87. The topological polar surface area (TPSA) is 38.3 Å². The zero-order valence-corrected chi connectivity index (χ0v) is 10.1. The number of hydrogen-bond acceptors (Lipinski definition) is 2. The molecule has 0 aromatic heterocycles. The predicted octanol–water partition coefficient (Wildman–Crippen LogP) is 2.80. The van der Waals surface area contributed by atoms with Gasteiger partial charge in [-0.2, -0.15) is 8.78 Å². The highest BCUT2D eigenvalue weighted by atomic mass is 19.3. The van der Waals surface area contributed by atoms with Crippen LogP contribution >= 0.6 is 0 Å². The molecule has 98 valence electrons. The summed E-state index contributed by atoms with van der Waals surface area (Å²) in [4.78, 5) is 11.1. The van der Waals surface area contributed by atoms with Gasteiger partial charge in [0.1, 0.15) is 5.75 Å². The van der Waals surface area contributed by atoms with Gasteiger partial charge in [-0.15, -0.1) is 0 Å². The SMILES string of the molecule is CC(=O)NC1CCCc2cc(OC(F)F)ccc21. The zero-order valence-electron chi connectivity index (χ0n) is 10.1. The Morgan fingerprint density at radius 3 is 2.94 bits per heavy atom. The molecule has 1 aliphatic rings. The number of alkyl halides is 2. The number of halogens is 2. The highest BCUT2D eigenvalue weighted by molar-refractivity contribution is 5.73. The standard InChI is InChI=1S/C13H15F2NO2/c1-8(17)16-12-4-2-3-9-7-10(18-13(14)15)5-6-11(9)12/h5-7,12-13H,2-4H2,1H3,(H,16,17). The van der Waals surface area contributed by atoms with Gasteiger partial charge in [0.25, 0.3) is 0 Å². The number of hydrogen-bond donors (Lipinski definition) is 1. The highest BCUT2D eigenvalue weighted by Crippen LogP contribution is 2.32. The fourth-order valence-corrected chi connectivity index (χ4v) is 2.36. The molecular formula is C13H15F2NO2. The first kappa shape index (κ1) is 12.8. The first-order chi connectivity index (χ1) is 8.56. The average molecular weight is 255 g/mol. The van der Waals surface area contributed by atoms with Crippen molar-refractivity contribution in [2.45, 2.75) is 38.8 Å². The van der Waals surface area contributed by atoms with E-state index in [1.165, 1.54) is 13.0 Å². The molecule has 0 fully saturated rings. The summed E-state index contributed by atoms with van der Waals surface area (Å²) in [5.74, 6) is 0.0907.